The molecule has 21 heavy (non-hydrogen) atoms. The van der Waals surface area contributed by atoms with Crippen LogP contribution in [-0.2, 0) is 4.79 Å². The highest BCUT2D eigenvalue weighted by Crippen LogP contribution is 2.25. The summed E-state index contributed by atoms with van der Waals surface area (Å²) in [5.41, 5.74) is 11.6. The number of rotatable bonds is 4. The van der Waals surface area contributed by atoms with Gasteiger partial charge in [0.25, 0.3) is 0 Å². The van der Waals surface area contributed by atoms with Gasteiger partial charge in [-0.3, -0.25) is 10.2 Å². The van der Waals surface area contributed by atoms with Gasteiger partial charge in [0.05, 0.1) is 6.04 Å². The standard InChI is InChI=1S/C15H29N5O/c16-13(12-4-2-1-3-5-12)14(21)19-10-11-6-8-20(9-7-11)15(17)18/h11-13H,1-10,16H2,(H3,17,18)(H,19,21). The zero-order chi connectivity index (χ0) is 15.2. The van der Waals surface area contributed by atoms with Crippen molar-refractivity contribution in [1.82, 2.24) is 10.2 Å². The summed E-state index contributed by atoms with van der Waals surface area (Å²) in [6, 6.07) is -0.345. The maximum absolute atomic E-state index is 12.2. The van der Waals surface area contributed by atoms with E-state index < -0.39 is 0 Å². The lowest BCUT2D eigenvalue weighted by Gasteiger charge is -2.32. The summed E-state index contributed by atoms with van der Waals surface area (Å²) in [5.74, 6) is 0.995. The van der Waals surface area contributed by atoms with E-state index in [1.54, 1.807) is 0 Å². The molecule has 1 saturated carbocycles. The molecule has 0 spiro atoms. The van der Waals surface area contributed by atoms with Gasteiger partial charge in [0, 0.05) is 19.6 Å². The smallest absolute Gasteiger partial charge is 0.237 e. The molecule has 2 fully saturated rings. The Morgan fingerprint density at radius 3 is 2.38 bits per heavy atom. The molecular formula is C15H29N5O. The molecule has 120 valence electrons. The summed E-state index contributed by atoms with van der Waals surface area (Å²) in [4.78, 5) is 14.0. The molecule has 0 bridgehead atoms. The van der Waals surface area contributed by atoms with Crippen molar-refractivity contribution in [2.24, 2.45) is 23.3 Å². The van der Waals surface area contributed by atoms with Crippen LogP contribution < -0.4 is 16.8 Å². The van der Waals surface area contributed by atoms with Crippen LogP contribution in [0, 0.1) is 17.2 Å². The Morgan fingerprint density at radius 2 is 1.81 bits per heavy atom. The monoisotopic (exact) mass is 295 g/mol. The van der Waals surface area contributed by atoms with Crippen LogP contribution in [0.15, 0.2) is 0 Å². The van der Waals surface area contributed by atoms with Crippen molar-refractivity contribution in [1.29, 1.82) is 5.41 Å². The van der Waals surface area contributed by atoms with Crippen LogP contribution in [0.2, 0.25) is 0 Å². The number of piperidine rings is 1. The summed E-state index contributed by atoms with van der Waals surface area (Å²) < 4.78 is 0. The number of guanidine groups is 1. The molecule has 6 N–H and O–H groups in total. The predicted octanol–water partition coefficient (Wildman–Crippen LogP) is 0.616. The molecule has 1 unspecified atom stereocenters. The summed E-state index contributed by atoms with van der Waals surface area (Å²) >= 11 is 0. The number of nitrogens with one attached hydrogen (secondary N) is 2. The molecule has 1 atom stereocenters. The average Bonchev–Trinajstić information content (AvgIpc) is 2.53. The number of amides is 1. The number of carbonyl (C=O) groups is 1. The summed E-state index contributed by atoms with van der Waals surface area (Å²) in [6.07, 6.45) is 7.80. The van der Waals surface area contributed by atoms with E-state index in [1.807, 2.05) is 4.90 Å². The van der Waals surface area contributed by atoms with Gasteiger partial charge >= 0.3 is 0 Å². The number of hydrogen-bond acceptors (Lipinski definition) is 3. The number of nitrogens with zero attached hydrogens (tertiary/aromatic N) is 1. The van der Waals surface area contributed by atoms with Crippen LogP contribution in [0.5, 0.6) is 0 Å². The molecule has 1 aliphatic carbocycles. The van der Waals surface area contributed by atoms with Crippen LogP contribution >= 0.6 is 0 Å². The molecule has 2 aliphatic rings. The number of carbonyl (C=O) groups excluding carboxylic acids is 1. The lowest BCUT2D eigenvalue weighted by molar-refractivity contribution is -0.124. The van der Waals surface area contributed by atoms with Crippen molar-refractivity contribution in [3.63, 3.8) is 0 Å². The molecule has 0 radical (unpaired) electrons. The van der Waals surface area contributed by atoms with Gasteiger partial charge in [-0.05, 0) is 37.5 Å². The van der Waals surface area contributed by atoms with Gasteiger partial charge in [-0.25, -0.2) is 0 Å². The second-order valence-electron chi connectivity index (χ2n) is 6.48. The molecule has 2 rings (SSSR count). The molecule has 6 heteroatoms. The highest BCUT2D eigenvalue weighted by atomic mass is 16.2. The quantitative estimate of drug-likeness (QED) is 0.450. The highest BCUT2D eigenvalue weighted by molar-refractivity contribution is 5.81. The second-order valence-corrected chi connectivity index (χ2v) is 6.48. The minimum Gasteiger partial charge on any atom is -0.370 e. The van der Waals surface area contributed by atoms with Gasteiger partial charge in [0.2, 0.25) is 5.91 Å². The van der Waals surface area contributed by atoms with Crippen molar-refractivity contribution in [2.75, 3.05) is 19.6 Å². The Balaban J connectivity index is 1.68. The minimum absolute atomic E-state index is 0.0101. The predicted molar refractivity (Wildman–Crippen MR) is 83.8 cm³/mol. The van der Waals surface area contributed by atoms with Crippen LogP contribution in [0.4, 0.5) is 0 Å². The van der Waals surface area contributed by atoms with E-state index in [2.05, 4.69) is 5.32 Å². The van der Waals surface area contributed by atoms with Crippen molar-refractivity contribution in [2.45, 2.75) is 51.0 Å². The third-order valence-corrected chi connectivity index (χ3v) is 4.98. The molecule has 0 aromatic rings. The Hall–Kier alpha value is -1.30. The van der Waals surface area contributed by atoms with E-state index in [9.17, 15) is 4.79 Å². The van der Waals surface area contributed by atoms with Gasteiger partial charge in [-0.2, -0.15) is 0 Å². The first-order valence-corrected chi connectivity index (χ1v) is 8.20. The number of likely N-dealkylation sites (tertiary alicyclic amines) is 1. The van der Waals surface area contributed by atoms with Gasteiger partial charge in [-0.1, -0.05) is 19.3 Å². The Bertz CT molecular complexity index is 359. The first kappa shape index (κ1) is 16.1. The van der Waals surface area contributed by atoms with Gasteiger partial charge < -0.3 is 21.7 Å². The van der Waals surface area contributed by atoms with Gasteiger partial charge in [0.1, 0.15) is 0 Å². The lowest BCUT2D eigenvalue weighted by Crippen LogP contribution is -2.49. The maximum atomic E-state index is 12.2. The molecule has 6 nitrogen and oxygen atoms in total. The van der Waals surface area contributed by atoms with Gasteiger partial charge in [-0.15, -0.1) is 0 Å². The fourth-order valence-corrected chi connectivity index (χ4v) is 3.45. The topological polar surface area (TPSA) is 108 Å². The molecule has 0 aromatic heterocycles. The minimum atomic E-state index is -0.345. The van der Waals surface area contributed by atoms with Crippen molar-refractivity contribution < 1.29 is 4.79 Å². The third-order valence-electron chi connectivity index (χ3n) is 4.98. The number of nitrogens with two attached hydrogens (primary N) is 2. The Labute approximate surface area is 127 Å². The second kappa shape index (κ2) is 7.64. The SMILES string of the molecule is N=C(N)N1CCC(CNC(=O)C(N)C2CCCCC2)CC1. The Morgan fingerprint density at radius 1 is 1.19 bits per heavy atom. The fourth-order valence-electron chi connectivity index (χ4n) is 3.45. The molecule has 1 aliphatic heterocycles. The van der Waals surface area contributed by atoms with Crippen LogP contribution in [0.3, 0.4) is 0 Å². The van der Waals surface area contributed by atoms with Crippen molar-refractivity contribution >= 4 is 11.9 Å². The molecule has 1 heterocycles. The van der Waals surface area contributed by atoms with Gasteiger partial charge in [0.15, 0.2) is 5.96 Å². The average molecular weight is 295 g/mol. The lowest BCUT2D eigenvalue weighted by atomic mass is 9.84. The van der Waals surface area contributed by atoms with E-state index in [-0.39, 0.29) is 17.9 Å². The summed E-state index contributed by atoms with van der Waals surface area (Å²) in [5, 5.41) is 10.4. The third kappa shape index (κ3) is 4.59. The largest absolute Gasteiger partial charge is 0.370 e. The fraction of sp³-hybridized carbons (Fsp3) is 0.867. The summed E-state index contributed by atoms with van der Waals surface area (Å²) in [6.45, 7) is 2.32. The normalized spacial score (nSPS) is 22.8. The number of hydrogen-bond donors (Lipinski definition) is 4. The van der Waals surface area contributed by atoms with E-state index >= 15 is 0 Å². The maximum Gasteiger partial charge on any atom is 0.237 e. The molecule has 1 amide bonds. The van der Waals surface area contributed by atoms with Crippen LogP contribution in [0.1, 0.15) is 44.9 Å². The van der Waals surface area contributed by atoms with Crippen LogP contribution in [0.25, 0.3) is 0 Å². The first-order valence-electron chi connectivity index (χ1n) is 8.20. The first-order chi connectivity index (χ1) is 10.1. The summed E-state index contributed by atoms with van der Waals surface area (Å²) in [7, 11) is 0. The Kier molecular flexibility index (Phi) is 5.85. The molecule has 1 saturated heterocycles. The van der Waals surface area contributed by atoms with Crippen LogP contribution in [-0.4, -0.2) is 42.4 Å². The van der Waals surface area contributed by atoms with E-state index in [4.69, 9.17) is 16.9 Å². The molecule has 0 aromatic carbocycles. The van der Waals surface area contributed by atoms with E-state index in [0.29, 0.717) is 18.4 Å². The zero-order valence-electron chi connectivity index (χ0n) is 12.8. The molecular weight excluding hydrogens is 266 g/mol. The van der Waals surface area contributed by atoms with Crippen molar-refractivity contribution in [3.05, 3.63) is 0 Å². The van der Waals surface area contributed by atoms with E-state index in [0.717, 1.165) is 38.8 Å². The van der Waals surface area contributed by atoms with Crippen molar-refractivity contribution in [3.8, 4) is 0 Å². The zero-order valence-corrected chi connectivity index (χ0v) is 12.8. The van der Waals surface area contributed by atoms with E-state index in [1.165, 1.54) is 19.3 Å². The highest BCUT2D eigenvalue weighted by Gasteiger charge is 2.27.